The molecule has 0 radical (unpaired) electrons. The van der Waals surface area contributed by atoms with E-state index in [0.717, 1.165) is 53.3 Å². The van der Waals surface area contributed by atoms with Crippen LogP contribution < -0.4 is 34.5 Å². The number of carbonyl (C=O) groups excluding carboxylic acids is 1. The Morgan fingerprint density at radius 3 is 2.21 bits per heavy atom. The number of hydrogen-bond acceptors (Lipinski definition) is 11. The van der Waals surface area contributed by atoms with Gasteiger partial charge in [0, 0.05) is 60.1 Å². The number of aromatic nitrogens is 2. The normalized spacial score (nSPS) is 15.6. The van der Waals surface area contributed by atoms with E-state index in [1.54, 1.807) is 39.5 Å². The molecule has 1 saturated heterocycles. The molecule has 2 aliphatic heterocycles. The Labute approximate surface area is 281 Å². The number of halogens is 1. The summed E-state index contributed by atoms with van der Waals surface area (Å²) in [6, 6.07) is 17.6. The number of amides is 1. The molecule has 2 N–H and O–H groups in total. The zero-order chi connectivity index (χ0) is 33.1. The molecule has 6 rings (SSSR count). The first kappa shape index (κ1) is 32.1. The maximum Gasteiger partial charge on any atom is 0.278 e. The van der Waals surface area contributed by atoms with Gasteiger partial charge in [0.15, 0.2) is 11.5 Å². The second kappa shape index (κ2) is 13.9. The number of nitrogen functional groups attached to an aromatic ring is 1. The first-order chi connectivity index (χ1) is 22.8. The number of anilines is 3. The van der Waals surface area contributed by atoms with Crippen molar-refractivity contribution in [2.75, 3.05) is 76.8 Å². The first-order valence-corrected chi connectivity index (χ1v) is 15.8. The third-order valence-corrected chi connectivity index (χ3v) is 8.81. The van der Waals surface area contributed by atoms with Crippen LogP contribution in [0.1, 0.15) is 16.7 Å². The standard InChI is InChI=1S/C34H36BrN7O5/c1-44-25-8-6-24(7-9-25)41-13-11-40(12-14-41)20-42-27-10-5-23(35)18-26(27)30(33(42)43)38-34-37-19-22(32(36)39-34)15-21-16-28(45-2)31(47-4)29(17-21)46-3/h5-10,16-19H,11-15,20H2,1-4H3,(H2,36,37,39)/b38-30-. The second-order valence-corrected chi connectivity index (χ2v) is 12.0. The van der Waals surface area contributed by atoms with Crippen LogP contribution in [0.4, 0.5) is 23.1 Å². The van der Waals surface area contributed by atoms with E-state index in [1.807, 2.05) is 42.5 Å². The van der Waals surface area contributed by atoms with Gasteiger partial charge in [-0.1, -0.05) is 15.9 Å². The molecule has 1 aromatic heterocycles. The van der Waals surface area contributed by atoms with Crippen LogP contribution in [0.3, 0.4) is 0 Å². The van der Waals surface area contributed by atoms with Gasteiger partial charge in [-0.25, -0.2) is 9.98 Å². The highest BCUT2D eigenvalue weighted by atomic mass is 79.9. The minimum absolute atomic E-state index is 0.111. The van der Waals surface area contributed by atoms with Crippen molar-refractivity contribution in [2.24, 2.45) is 4.99 Å². The number of benzene rings is 3. The fourth-order valence-electron chi connectivity index (χ4n) is 5.83. The number of carbonyl (C=O) groups is 1. The van der Waals surface area contributed by atoms with E-state index in [1.165, 1.54) is 0 Å². The molecule has 0 unspecified atom stereocenters. The van der Waals surface area contributed by atoms with Crippen LogP contribution in [0.2, 0.25) is 0 Å². The molecule has 3 aromatic carbocycles. The van der Waals surface area contributed by atoms with E-state index in [9.17, 15) is 4.79 Å². The van der Waals surface area contributed by atoms with Crippen molar-refractivity contribution in [1.82, 2.24) is 14.9 Å². The summed E-state index contributed by atoms with van der Waals surface area (Å²) in [5, 5.41) is 0. The lowest BCUT2D eigenvalue weighted by Gasteiger charge is -2.37. The predicted octanol–water partition coefficient (Wildman–Crippen LogP) is 4.69. The predicted molar refractivity (Wildman–Crippen MR) is 185 cm³/mol. The van der Waals surface area contributed by atoms with Gasteiger partial charge in [0.2, 0.25) is 5.75 Å². The van der Waals surface area contributed by atoms with Gasteiger partial charge in [-0.15, -0.1) is 0 Å². The number of nitrogens with zero attached hydrogens (tertiary/aromatic N) is 6. The maximum absolute atomic E-state index is 13.9. The minimum Gasteiger partial charge on any atom is -0.497 e. The van der Waals surface area contributed by atoms with Crippen molar-refractivity contribution < 1.29 is 23.7 Å². The molecule has 4 aromatic rings. The van der Waals surface area contributed by atoms with Gasteiger partial charge >= 0.3 is 0 Å². The average molecular weight is 703 g/mol. The summed E-state index contributed by atoms with van der Waals surface area (Å²) in [5.41, 5.74) is 10.9. The lowest BCUT2D eigenvalue weighted by molar-refractivity contribution is -0.112. The summed E-state index contributed by atoms with van der Waals surface area (Å²) in [7, 11) is 6.36. The molecule has 13 heteroatoms. The highest BCUT2D eigenvalue weighted by Crippen LogP contribution is 2.39. The summed E-state index contributed by atoms with van der Waals surface area (Å²) in [5.74, 6) is 2.59. The van der Waals surface area contributed by atoms with Crippen LogP contribution in [0, 0.1) is 0 Å². The van der Waals surface area contributed by atoms with Gasteiger partial charge in [0.1, 0.15) is 17.3 Å². The lowest BCUT2D eigenvalue weighted by atomic mass is 10.1. The number of ether oxygens (including phenoxy) is 4. The number of hydrogen-bond donors (Lipinski definition) is 1. The fourth-order valence-corrected chi connectivity index (χ4v) is 6.19. The van der Waals surface area contributed by atoms with Gasteiger partial charge in [0.25, 0.3) is 11.9 Å². The van der Waals surface area contributed by atoms with Gasteiger partial charge in [0.05, 0.1) is 40.8 Å². The van der Waals surface area contributed by atoms with Crippen molar-refractivity contribution in [1.29, 1.82) is 0 Å². The molecule has 3 heterocycles. The summed E-state index contributed by atoms with van der Waals surface area (Å²) in [4.78, 5) is 33.8. The lowest BCUT2D eigenvalue weighted by Crippen LogP contribution is -2.51. The average Bonchev–Trinajstić information content (AvgIpc) is 3.34. The molecule has 12 nitrogen and oxygen atoms in total. The smallest absolute Gasteiger partial charge is 0.278 e. The van der Waals surface area contributed by atoms with Crippen molar-refractivity contribution in [3.8, 4) is 23.0 Å². The fraction of sp³-hybridized carbons (Fsp3) is 0.294. The van der Waals surface area contributed by atoms with E-state index in [-0.39, 0.29) is 23.4 Å². The highest BCUT2D eigenvalue weighted by molar-refractivity contribution is 9.10. The molecule has 1 amide bonds. The zero-order valence-corrected chi connectivity index (χ0v) is 28.3. The van der Waals surface area contributed by atoms with Crippen LogP contribution in [0.15, 0.2) is 70.3 Å². The van der Waals surface area contributed by atoms with Gasteiger partial charge in [-0.2, -0.15) is 4.98 Å². The quantitative estimate of drug-likeness (QED) is 0.249. The molecule has 0 bridgehead atoms. The highest BCUT2D eigenvalue weighted by Gasteiger charge is 2.36. The monoisotopic (exact) mass is 701 g/mol. The van der Waals surface area contributed by atoms with Crippen LogP contribution in [-0.2, 0) is 11.2 Å². The van der Waals surface area contributed by atoms with Gasteiger partial charge in [-0.05, 0) is 60.2 Å². The Morgan fingerprint density at radius 1 is 0.894 bits per heavy atom. The molecule has 0 saturated carbocycles. The number of nitrogens with two attached hydrogens (primary N) is 1. The number of methoxy groups -OCH3 is 4. The van der Waals surface area contributed by atoms with E-state index in [4.69, 9.17) is 24.7 Å². The van der Waals surface area contributed by atoms with Crippen molar-refractivity contribution in [3.05, 3.63) is 82.0 Å². The molecule has 0 aliphatic carbocycles. The minimum atomic E-state index is -0.209. The summed E-state index contributed by atoms with van der Waals surface area (Å²) < 4.78 is 22.5. The van der Waals surface area contributed by atoms with E-state index < -0.39 is 0 Å². The maximum atomic E-state index is 13.9. The van der Waals surface area contributed by atoms with Crippen LogP contribution in [0.25, 0.3) is 0 Å². The number of rotatable bonds is 10. The molecule has 47 heavy (non-hydrogen) atoms. The number of piperazine rings is 1. The molecule has 1 fully saturated rings. The second-order valence-electron chi connectivity index (χ2n) is 11.1. The summed E-state index contributed by atoms with van der Waals surface area (Å²) >= 11 is 3.55. The zero-order valence-electron chi connectivity index (χ0n) is 26.7. The molecular weight excluding hydrogens is 666 g/mol. The van der Waals surface area contributed by atoms with Crippen molar-refractivity contribution >= 4 is 50.7 Å². The SMILES string of the molecule is COc1ccc(N2CCN(CN3C(=O)/C(=N\c4ncc(Cc5cc(OC)c(OC)c(OC)c5)c(N)n4)c4cc(Br)ccc43)CC2)cc1. The molecule has 0 atom stereocenters. The Morgan fingerprint density at radius 2 is 1.60 bits per heavy atom. The first-order valence-electron chi connectivity index (χ1n) is 15.0. The Balaban J connectivity index is 1.19. The van der Waals surface area contributed by atoms with E-state index >= 15 is 0 Å². The molecular formula is C34H36BrN7O5. The van der Waals surface area contributed by atoms with Crippen LogP contribution in [-0.4, -0.2) is 87.8 Å². The molecule has 244 valence electrons. The van der Waals surface area contributed by atoms with Gasteiger partial charge < -0.3 is 29.6 Å². The Bertz CT molecular complexity index is 1780. The Hall–Kier alpha value is -4.88. The third-order valence-electron chi connectivity index (χ3n) is 8.32. The van der Waals surface area contributed by atoms with Crippen molar-refractivity contribution in [2.45, 2.75) is 6.42 Å². The Kier molecular flexibility index (Phi) is 9.45. The van der Waals surface area contributed by atoms with E-state index in [0.29, 0.717) is 41.5 Å². The van der Waals surface area contributed by atoms with Crippen molar-refractivity contribution in [3.63, 3.8) is 0 Å². The summed E-state index contributed by atoms with van der Waals surface area (Å²) in [6.45, 7) is 3.75. The number of fused-ring (bicyclic) bond motifs is 1. The largest absolute Gasteiger partial charge is 0.497 e. The van der Waals surface area contributed by atoms with Crippen LogP contribution >= 0.6 is 15.9 Å². The molecule has 0 spiro atoms. The summed E-state index contributed by atoms with van der Waals surface area (Å²) in [6.07, 6.45) is 2.06. The van der Waals surface area contributed by atoms with Gasteiger partial charge in [-0.3, -0.25) is 14.6 Å². The topological polar surface area (TPSA) is 128 Å². The molecule has 2 aliphatic rings. The number of aliphatic imine (C=N–C) groups is 1. The third kappa shape index (κ3) is 6.67. The van der Waals surface area contributed by atoms with Crippen LogP contribution in [0.5, 0.6) is 23.0 Å². The van der Waals surface area contributed by atoms with E-state index in [2.05, 4.69) is 52.8 Å².